The maximum Gasteiger partial charge on any atom is 0.0837 e. The number of hydrogen-bond acceptors (Lipinski definition) is 2. The summed E-state index contributed by atoms with van der Waals surface area (Å²) in [5.41, 5.74) is 2.65. The van der Waals surface area contributed by atoms with Gasteiger partial charge in [-0.2, -0.15) is 0 Å². The summed E-state index contributed by atoms with van der Waals surface area (Å²) in [5.74, 6) is 0. The second-order valence-electron chi connectivity index (χ2n) is 5.82. The molecule has 0 radical (unpaired) electrons. The molecular formula is C19H22BrNO. The third-order valence-electron chi connectivity index (χ3n) is 4.45. The predicted molar refractivity (Wildman–Crippen MR) is 93.9 cm³/mol. The van der Waals surface area contributed by atoms with Crippen molar-refractivity contribution in [2.75, 3.05) is 19.7 Å². The van der Waals surface area contributed by atoms with Crippen LogP contribution in [0.4, 0.5) is 0 Å². The molecule has 0 aliphatic carbocycles. The minimum atomic E-state index is 0.209. The van der Waals surface area contributed by atoms with E-state index in [9.17, 15) is 0 Å². The lowest BCUT2D eigenvalue weighted by Crippen LogP contribution is -2.29. The Hall–Kier alpha value is -1.16. The molecule has 1 aliphatic heterocycles. The molecule has 0 saturated carbocycles. The van der Waals surface area contributed by atoms with Gasteiger partial charge in [-0.15, -0.1) is 0 Å². The Bertz CT molecular complexity index is 584. The van der Waals surface area contributed by atoms with E-state index in [0.29, 0.717) is 6.04 Å². The van der Waals surface area contributed by atoms with Gasteiger partial charge < -0.3 is 4.74 Å². The number of halogens is 1. The highest BCUT2D eigenvalue weighted by Crippen LogP contribution is 2.28. The van der Waals surface area contributed by atoms with Crippen LogP contribution in [-0.2, 0) is 4.74 Å². The van der Waals surface area contributed by atoms with E-state index in [0.717, 1.165) is 30.6 Å². The van der Waals surface area contributed by atoms with E-state index in [-0.39, 0.29) is 6.10 Å². The summed E-state index contributed by atoms with van der Waals surface area (Å²) in [6.07, 6.45) is 1.25. The van der Waals surface area contributed by atoms with Crippen LogP contribution in [0.25, 0.3) is 0 Å². The lowest BCUT2D eigenvalue weighted by molar-refractivity contribution is 0.0605. The van der Waals surface area contributed by atoms with E-state index in [4.69, 9.17) is 4.74 Å². The van der Waals surface area contributed by atoms with Crippen molar-refractivity contribution in [1.29, 1.82) is 0 Å². The Labute approximate surface area is 141 Å². The molecule has 2 aromatic carbocycles. The van der Waals surface area contributed by atoms with Crippen molar-refractivity contribution in [2.45, 2.75) is 25.5 Å². The van der Waals surface area contributed by atoms with E-state index in [2.05, 4.69) is 82.4 Å². The van der Waals surface area contributed by atoms with Crippen LogP contribution in [0.1, 0.15) is 36.6 Å². The minimum absolute atomic E-state index is 0.209. The van der Waals surface area contributed by atoms with Gasteiger partial charge in [-0.3, -0.25) is 4.90 Å². The first kappa shape index (κ1) is 15.7. The van der Waals surface area contributed by atoms with Gasteiger partial charge in [0.25, 0.3) is 0 Å². The van der Waals surface area contributed by atoms with Crippen molar-refractivity contribution in [3.63, 3.8) is 0 Å². The molecule has 0 spiro atoms. The molecular weight excluding hydrogens is 338 g/mol. The lowest BCUT2D eigenvalue weighted by atomic mass is 10.0. The molecule has 0 aromatic heterocycles. The van der Waals surface area contributed by atoms with Crippen LogP contribution in [0.5, 0.6) is 0 Å². The zero-order valence-electron chi connectivity index (χ0n) is 12.9. The first-order valence-electron chi connectivity index (χ1n) is 7.90. The van der Waals surface area contributed by atoms with Gasteiger partial charge in [-0.05, 0) is 36.6 Å². The number of ether oxygens (including phenoxy) is 1. The Kier molecular flexibility index (Phi) is 5.29. The number of hydrogen-bond donors (Lipinski definition) is 0. The molecule has 3 heteroatoms. The second kappa shape index (κ2) is 7.40. The summed E-state index contributed by atoms with van der Waals surface area (Å²) < 4.78 is 7.20. The van der Waals surface area contributed by atoms with Gasteiger partial charge in [-0.25, -0.2) is 0 Å². The van der Waals surface area contributed by atoms with Gasteiger partial charge >= 0.3 is 0 Å². The number of rotatable bonds is 3. The van der Waals surface area contributed by atoms with E-state index >= 15 is 0 Å². The van der Waals surface area contributed by atoms with E-state index in [1.807, 2.05) is 0 Å². The van der Waals surface area contributed by atoms with Gasteiger partial charge in [0.2, 0.25) is 0 Å². The quantitative estimate of drug-likeness (QED) is 0.766. The zero-order valence-corrected chi connectivity index (χ0v) is 14.5. The Balaban J connectivity index is 1.66. The minimum Gasteiger partial charge on any atom is -0.372 e. The molecule has 3 rings (SSSR count). The fourth-order valence-corrected chi connectivity index (χ4v) is 3.32. The summed E-state index contributed by atoms with van der Waals surface area (Å²) in [6.45, 7) is 5.13. The third kappa shape index (κ3) is 3.78. The number of nitrogens with zero attached hydrogens (tertiary/aromatic N) is 1. The monoisotopic (exact) mass is 359 g/mol. The van der Waals surface area contributed by atoms with Crippen LogP contribution in [0.3, 0.4) is 0 Å². The normalized spacial score (nSPS) is 21.3. The van der Waals surface area contributed by atoms with Crippen molar-refractivity contribution >= 4 is 15.9 Å². The highest BCUT2D eigenvalue weighted by molar-refractivity contribution is 9.10. The Morgan fingerprint density at radius 2 is 1.77 bits per heavy atom. The molecule has 1 saturated heterocycles. The maximum absolute atomic E-state index is 6.09. The van der Waals surface area contributed by atoms with Crippen LogP contribution in [0, 0.1) is 0 Å². The summed E-state index contributed by atoms with van der Waals surface area (Å²) in [5, 5.41) is 0. The standard InChI is InChI=1S/C19H22BrNO/c1-15(16-5-3-2-4-6-16)21-12-11-19(22-14-13-21)17-7-9-18(20)10-8-17/h2-10,15,19H,11-14H2,1H3/t15-,19?/m1/s1. The van der Waals surface area contributed by atoms with Gasteiger partial charge in [-0.1, -0.05) is 58.4 Å². The lowest BCUT2D eigenvalue weighted by Gasteiger charge is -2.27. The average molecular weight is 360 g/mol. The highest BCUT2D eigenvalue weighted by Gasteiger charge is 2.22. The molecule has 1 fully saturated rings. The van der Waals surface area contributed by atoms with Crippen LogP contribution in [-0.4, -0.2) is 24.6 Å². The molecule has 1 aliphatic rings. The molecule has 1 unspecified atom stereocenters. The van der Waals surface area contributed by atoms with Crippen molar-refractivity contribution in [3.05, 3.63) is 70.2 Å². The molecule has 116 valence electrons. The predicted octanol–water partition coefficient (Wildman–Crippen LogP) is 4.97. The molecule has 0 bridgehead atoms. The van der Waals surface area contributed by atoms with Crippen LogP contribution >= 0.6 is 15.9 Å². The molecule has 2 nitrogen and oxygen atoms in total. The number of benzene rings is 2. The molecule has 1 heterocycles. The van der Waals surface area contributed by atoms with Crippen LogP contribution < -0.4 is 0 Å². The SMILES string of the molecule is C[C@H](c1ccccc1)N1CCOC(c2ccc(Br)cc2)CC1. The van der Waals surface area contributed by atoms with Crippen molar-refractivity contribution < 1.29 is 4.74 Å². The Morgan fingerprint density at radius 3 is 2.50 bits per heavy atom. The average Bonchev–Trinajstić information content (AvgIpc) is 2.82. The third-order valence-corrected chi connectivity index (χ3v) is 4.98. The molecule has 22 heavy (non-hydrogen) atoms. The summed E-state index contributed by atoms with van der Waals surface area (Å²) in [7, 11) is 0. The highest BCUT2D eigenvalue weighted by atomic mass is 79.9. The first-order chi connectivity index (χ1) is 10.7. The van der Waals surface area contributed by atoms with E-state index in [1.165, 1.54) is 11.1 Å². The van der Waals surface area contributed by atoms with E-state index < -0.39 is 0 Å². The Morgan fingerprint density at radius 1 is 1.05 bits per heavy atom. The summed E-state index contributed by atoms with van der Waals surface area (Å²) >= 11 is 3.49. The molecule has 2 atom stereocenters. The maximum atomic E-state index is 6.09. The van der Waals surface area contributed by atoms with E-state index in [1.54, 1.807) is 0 Å². The van der Waals surface area contributed by atoms with Crippen LogP contribution in [0.15, 0.2) is 59.1 Å². The van der Waals surface area contributed by atoms with Gasteiger partial charge in [0.15, 0.2) is 0 Å². The molecule has 0 amide bonds. The van der Waals surface area contributed by atoms with Gasteiger partial charge in [0.05, 0.1) is 12.7 Å². The van der Waals surface area contributed by atoms with Gasteiger partial charge in [0, 0.05) is 23.6 Å². The topological polar surface area (TPSA) is 12.5 Å². The molecule has 0 N–H and O–H groups in total. The van der Waals surface area contributed by atoms with Crippen LogP contribution in [0.2, 0.25) is 0 Å². The first-order valence-corrected chi connectivity index (χ1v) is 8.69. The second-order valence-corrected chi connectivity index (χ2v) is 6.74. The summed E-state index contributed by atoms with van der Waals surface area (Å²) in [6, 6.07) is 19.7. The fraction of sp³-hybridized carbons (Fsp3) is 0.368. The fourth-order valence-electron chi connectivity index (χ4n) is 3.06. The van der Waals surface area contributed by atoms with Crippen molar-refractivity contribution in [3.8, 4) is 0 Å². The smallest absolute Gasteiger partial charge is 0.0837 e. The van der Waals surface area contributed by atoms with Gasteiger partial charge in [0.1, 0.15) is 0 Å². The largest absolute Gasteiger partial charge is 0.372 e. The van der Waals surface area contributed by atoms with Crippen molar-refractivity contribution in [2.24, 2.45) is 0 Å². The van der Waals surface area contributed by atoms with Crippen molar-refractivity contribution in [1.82, 2.24) is 4.90 Å². The molecule has 2 aromatic rings. The summed E-state index contributed by atoms with van der Waals surface area (Å²) in [4.78, 5) is 2.52. The zero-order chi connectivity index (χ0) is 15.4.